The number of benzene rings is 1. The molecule has 112 valence electrons. The highest BCUT2D eigenvalue weighted by Gasteiger charge is 2.06. The molecule has 2 aromatic rings. The molecule has 0 saturated heterocycles. The lowest BCUT2D eigenvalue weighted by molar-refractivity contribution is 0.571. The predicted molar refractivity (Wildman–Crippen MR) is 89.5 cm³/mol. The first kappa shape index (κ1) is 15.5. The topological polar surface area (TPSA) is 28.2 Å². The van der Waals surface area contributed by atoms with Crippen LogP contribution in [0.4, 0.5) is 5.69 Å². The van der Waals surface area contributed by atoms with E-state index in [1.54, 1.807) is 0 Å². The summed E-state index contributed by atoms with van der Waals surface area (Å²) in [4.78, 5) is 6.40. The molecule has 1 aromatic heterocycles. The quantitative estimate of drug-likeness (QED) is 0.838. The van der Waals surface area contributed by atoms with Gasteiger partial charge in [0.1, 0.15) is 0 Å². The van der Waals surface area contributed by atoms with E-state index in [1.165, 1.54) is 16.8 Å². The van der Waals surface area contributed by atoms with Gasteiger partial charge in [-0.1, -0.05) is 25.1 Å². The van der Waals surface area contributed by atoms with Crippen LogP contribution in [0.2, 0.25) is 0 Å². The maximum absolute atomic E-state index is 4.16. The Morgan fingerprint density at radius 3 is 2.57 bits per heavy atom. The van der Waals surface area contributed by atoms with E-state index < -0.39 is 0 Å². The molecule has 0 fully saturated rings. The van der Waals surface area contributed by atoms with E-state index in [1.807, 2.05) is 18.5 Å². The van der Waals surface area contributed by atoms with Gasteiger partial charge in [0, 0.05) is 37.7 Å². The molecular formula is C18H25N3. The summed E-state index contributed by atoms with van der Waals surface area (Å²) in [5.74, 6) is 0. The standard InChI is InChI=1S/C18H25N3/c1-4-11-20-15(2)17-7-9-18(10-8-17)21(3)14-16-6-5-12-19-13-16/h5-10,12-13,15,20H,4,11,14H2,1-3H3. The molecule has 0 radical (unpaired) electrons. The number of hydrogen-bond donors (Lipinski definition) is 1. The second-order valence-electron chi connectivity index (χ2n) is 5.48. The number of anilines is 1. The summed E-state index contributed by atoms with van der Waals surface area (Å²) >= 11 is 0. The van der Waals surface area contributed by atoms with Crippen LogP contribution in [0.1, 0.15) is 37.4 Å². The molecule has 3 nitrogen and oxygen atoms in total. The highest BCUT2D eigenvalue weighted by molar-refractivity contribution is 5.47. The molecule has 0 amide bonds. The highest BCUT2D eigenvalue weighted by atomic mass is 15.1. The monoisotopic (exact) mass is 283 g/mol. The summed E-state index contributed by atoms with van der Waals surface area (Å²) in [6.07, 6.45) is 4.89. The van der Waals surface area contributed by atoms with Crippen LogP contribution in [0, 0.1) is 0 Å². The molecule has 3 heteroatoms. The average Bonchev–Trinajstić information content (AvgIpc) is 2.53. The van der Waals surface area contributed by atoms with E-state index in [-0.39, 0.29) is 0 Å². The lowest BCUT2D eigenvalue weighted by Gasteiger charge is -2.20. The number of aromatic nitrogens is 1. The second-order valence-corrected chi connectivity index (χ2v) is 5.48. The van der Waals surface area contributed by atoms with E-state index >= 15 is 0 Å². The molecular weight excluding hydrogens is 258 g/mol. The van der Waals surface area contributed by atoms with E-state index in [0.29, 0.717) is 6.04 Å². The fourth-order valence-electron chi connectivity index (χ4n) is 2.35. The Labute approximate surface area is 128 Å². The second kappa shape index (κ2) is 7.79. The zero-order valence-corrected chi connectivity index (χ0v) is 13.2. The van der Waals surface area contributed by atoms with Crippen LogP contribution in [0.25, 0.3) is 0 Å². The normalized spacial score (nSPS) is 12.1. The van der Waals surface area contributed by atoms with Gasteiger partial charge in [0.25, 0.3) is 0 Å². The minimum Gasteiger partial charge on any atom is -0.370 e. The van der Waals surface area contributed by atoms with Crippen LogP contribution in [0.15, 0.2) is 48.8 Å². The van der Waals surface area contributed by atoms with Gasteiger partial charge >= 0.3 is 0 Å². The fraction of sp³-hybridized carbons (Fsp3) is 0.389. The van der Waals surface area contributed by atoms with Gasteiger partial charge in [-0.05, 0) is 49.2 Å². The van der Waals surface area contributed by atoms with E-state index in [2.05, 4.69) is 66.4 Å². The van der Waals surface area contributed by atoms with E-state index in [9.17, 15) is 0 Å². The molecule has 0 aliphatic rings. The smallest absolute Gasteiger partial charge is 0.0441 e. The van der Waals surface area contributed by atoms with Crippen LogP contribution in [0.3, 0.4) is 0 Å². The molecule has 21 heavy (non-hydrogen) atoms. The Morgan fingerprint density at radius 2 is 1.95 bits per heavy atom. The largest absolute Gasteiger partial charge is 0.370 e. The SMILES string of the molecule is CCCNC(C)c1ccc(N(C)Cc2cccnc2)cc1. The molecule has 1 aromatic carbocycles. The number of nitrogens with zero attached hydrogens (tertiary/aromatic N) is 2. The van der Waals surface area contributed by atoms with Gasteiger partial charge < -0.3 is 10.2 Å². The zero-order valence-electron chi connectivity index (χ0n) is 13.2. The summed E-state index contributed by atoms with van der Waals surface area (Å²) in [7, 11) is 2.11. The Kier molecular flexibility index (Phi) is 5.76. The number of hydrogen-bond acceptors (Lipinski definition) is 3. The van der Waals surface area contributed by atoms with Crippen LogP contribution in [-0.2, 0) is 6.54 Å². The van der Waals surface area contributed by atoms with Crippen LogP contribution in [-0.4, -0.2) is 18.6 Å². The van der Waals surface area contributed by atoms with Gasteiger partial charge in [0.2, 0.25) is 0 Å². The van der Waals surface area contributed by atoms with Crippen molar-refractivity contribution in [3.05, 3.63) is 59.9 Å². The Bertz CT molecular complexity index is 522. The molecule has 0 aliphatic heterocycles. The molecule has 0 spiro atoms. The average molecular weight is 283 g/mol. The van der Waals surface area contributed by atoms with Gasteiger partial charge in [0.15, 0.2) is 0 Å². The van der Waals surface area contributed by atoms with Crippen molar-refractivity contribution in [1.29, 1.82) is 0 Å². The number of pyridine rings is 1. The first-order valence-electron chi connectivity index (χ1n) is 7.64. The van der Waals surface area contributed by atoms with Crippen molar-refractivity contribution >= 4 is 5.69 Å². The molecule has 2 rings (SSSR count). The number of nitrogens with one attached hydrogen (secondary N) is 1. The van der Waals surface area contributed by atoms with Crippen molar-refractivity contribution in [2.24, 2.45) is 0 Å². The zero-order chi connectivity index (χ0) is 15.1. The fourth-order valence-corrected chi connectivity index (χ4v) is 2.35. The predicted octanol–water partition coefficient (Wildman–Crippen LogP) is 3.78. The summed E-state index contributed by atoms with van der Waals surface area (Å²) < 4.78 is 0. The van der Waals surface area contributed by atoms with Crippen molar-refractivity contribution < 1.29 is 0 Å². The molecule has 0 aliphatic carbocycles. The molecule has 0 saturated carbocycles. The van der Waals surface area contributed by atoms with Crippen molar-refractivity contribution in [1.82, 2.24) is 10.3 Å². The van der Waals surface area contributed by atoms with Crippen molar-refractivity contribution in [2.45, 2.75) is 32.9 Å². The van der Waals surface area contributed by atoms with Gasteiger partial charge in [-0.25, -0.2) is 0 Å². The van der Waals surface area contributed by atoms with Crippen LogP contribution < -0.4 is 10.2 Å². The molecule has 1 heterocycles. The van der Waals surface area contributed by atoms with Crippen molar-refractivity contribution in [2.75, 3.05) is 18.5 Å². The van der Waals surface area contributed by atoms with Crippen LogP contribution in [0.5, 0.6) is 0 Å². The number of rotatable bonds is 7. The summed E-state index contributed by atoms with van der Waals surface area (Å²) in [6.45, 7) is 6.33. The maximum atomic E-state index is 4.16. The van der Waals surface area contributed by atoms with Crippen molar-refractivity contribution in [3.63, 3.8) is 0 Å². The molecule has 0 bridgehead atoms. The summed E-state index contributed by atoms with van der Waals surface area (Å²) in [6, 6.07) is 13.3. The van der Waals surface area contributed by atoms with Gasteiger partial charge in [0.05, 0.1) is 0 Å². The minimum atomic E-state index is 0.405. The van der Waals surface area contributed by atoms with Gasteiger partial charge in [-0.2, -0.15) is 0 Å². The summed E-state index contributed by atoms with van der Waals surface area (Å²) in [5, 5.41) is 3.52. The summed E-state index contributed by atoms with van der Waals surface area (Å²) in [5.41, 5.74) is 3.79. The van der Waals surface area contributed by atoms with Gasteiger partial charge in [-0.15, -0.1) is 0 Å². The lowest BCUT2D eigenvalue weighted by atomic mass is 10.1. The minimum absolute atomic E-state index is 0.405. The van der Waals surface area contributed by atoms with E-state index in [4.69, 9.17) is 0 Å². The third kappa shape index (κ3) is 4.57. The lowest BCUT2D eigenvalue weighted by Crippen LogP contribution is -2.20. The first-order valence-corrected chi connectivity index (χ1v) is 7.64. The van der Waals surface area contributed by atoms with Crippen LogP contribution >= 0.6 is 0 Å². The first-order chi connectivity index (χ1) is 10.2. The van der Waals surface area contributed by atoms with E-state index in [0.717, 1.165) is 19.5 Å². The highest BCUT2D eigenvalue weighted by Crippen LogP contribution is 2.19. The Balaban J connectivity index is 1.98. The van der Waals surface area contributed by atoms with Gasteiger partial charge in [-0.3, -0.25) is 4.98 Å². The third-order valence-electron chi connectivity index (χ3n) is 3.68. The Hall–Kier alpha value is -1.87. The molecule has 1 N–H and O–H groups in total. The maximum Gasteiger partial charge on any atom is 0.0441 e. The third-order valence-corrected chi connectivity index (χ3v) is 3.68. The van der Waals surface area contributed by atoms with Crippen molar-refractivity contribution in [3.8, 4) is 0 Å². The molecule has 1 atom stereocenters. The Morgan fingerprint density at radius 1 is 1.19 bits per heavy atom. The molecule has 1 unspecified atom stereocenters.